The lowest BCUT2D eigenvalue weighted by atomic mass is 9.86. The summed E-state index contributed by atoms with van der Waals surface area (Å²) in [5.41, 5.74) is 8.73. The van der Waals surface area contributed by atoms with Crippen molar-refractivity contribution in [1.82, 2.24) is 0 Å². The molecule has 0 spiro atoms. The molecule has 0 aliphatic heterocycles. The molecule has 1 aliphatic rings. The van der Waals surface area contributed by atoms with Crippen LogP contribution in [0.4, 0.5) is 0 Å². The van der Waals surface area contributed by atoms with Crippen LogP contribution in [0, 0.1) is 0 Å². The number of halogens is 1. The SMILES string of the molecule is COc1ccc(Br)c2c1C(C)(C)CC2N. The van der Waals surface area contributed by atoms with Gasteiger partial charge in [-0.25, -0.2) is 0 Å². The predicted molar refractivity (Wildman–Crippen MR) is 65.3 cm³/mol. The van der Waals surface area contributed by atoms with Gasteiger partial charge in [0.2, 0.25) is 0 Å². The minimum Gasteiger partial charge on any atom is -0.496 e. The van der Waals surface area contributed by atoms with E-state index in [0.29, 0.717) is 0 Å². The highest BCUT2D eigenvalue weighted by molar-refractivity contribution is 9.10. The molecule has 0 heterocycles. The molecule has 2 N–H and O–H groups in total. The fraction of sp³-hybridized carbons (Fsp3) is 0.500. The zero-order valence-electron chi connectivity index (χ0n) is 9.30. The van der Waals surface area contributed by atoms with Crippen molar-refractivity contribution in [1.29, 1.82) is 0 Å². The van der Waals surface area contributed by atoms with Gasteiger partial charge in [0.25, 0.3) is 0 Å². The van der Waals surface area contributed by atoms with Crippen molar-refractivity contribution in [3.05, 3.63) is 27.7 Å². The third kappa shape index (κ3) is 1.58. The van der Waals surface area contributed by atoms with Gasteiger partial charge in [0, 0.05) is 16.1 Å². The molecule has 1 aromatic carbocycles. The van der Waals surface area contributed by atoms with Crippen LogP contribution in [-0.4, -0.2) is 7.11 Å². The molecule has 0 fully saturated rings. The van der Waals surface area contributed by atoms with E-state index in [1.54, 1.807) is 7.11 Å². The molecule has 0 aromatic heterocycles. The Morgan fingerprint density at radius 2 is 2.13 bits per heavy atom. The van der Waals surface area contributed by atoms with Gasteiger partial charge in [0.05, 0.1) is 7.11 Å². The normalized spacial score (nSPS) is 22.6. The fourth-order valence-electron chi connectivity index (χ4n) is 2.56. The molecule has 0 bridgehead atoms. The Kier molecular flexibility index (Phi) is 2.55. The van der Waals surface area contributed by atoms with Crippen molar-refractivity contribution in [3.8, 4) is 5.75 Å². The summed E-state index contributed by atoms with van der Waals surface area (Å²) in [6.45, 7) is 4.43. The second-order valence-corrected chi connectivity index (χ2v) is 5.59. The van der Waals surface area contributed by atoms with E-state index in [0.717, 1.165) is 16.6 Å². The highest BCUT2D eigenvalue weighted by atomic mass is 79.9. The van der Waals surface area contributed by atoms with E-state index in [9.17, 15) is 0 Å². The molecular formula is C12H16BrNO. The molecule has 1 aliphatic carbocycles. The molecule has 1 aromatic rings. The molecule has 0 radical (unpaired) electrons. The van der Waals surface area contributed by atoms with Gasteiger partial charge in [-0.05, 0) is 29.5 Å². The molecule has 0 saturated heterocycles. The van der Waals surface area contributed by atoms with Crippen LogP contribution < -0.4 is 10.5 Å². The Bertz CT molecular complexity index is 401. The summed E-state index contributed by atoms with van der Waals surface area (Å²) >= 11 is 3.57. The van der Waals surface area contributed by atoms with Gasteiger partial charge in [-0.3, -0.25) is 0 Å². The largest absolute Gasteiger partial charge is 0.496 e. The van der Waals surface area contributed by atoms with Crippen LogP contribution >= 0.6 is 15.9 Å². The Morgan fingerprint density at radius 1 is 1.47 bits per heavy atom. The monoisotopic (exact) mass is 269 g/mol. The molecule has 15 heavy (non-hydrogen) atoms. The van der Waals surface area contributed by atoms with Crippen LogP contribution in [0.3, 0.4) is 0 Å². The molecule has 2 nitrogen and oxygen atoms in total. The van der Waals surface area contributed by atoms with Gasteiger partial charge < -0.3 is 10.5 Å². The first-order valence-corrected chi connectivity index (χ1v) is 5.89. The topological polar surface area (TPSA) is 35.2 Å². The fourth-order valence-corrected chi connectivity index (χ4v) is 3.18. The predicted octanol–water partition coefficient (Wildman–Crippen LogP) is 3.14. The van der Waals surface area contributed by atoms with E-state index >= 15 is 0 Å². The van der Waals surface area contributed by atoms with E-state index in [1.165, 1.54) is 11.1 Å². The number of hydrogen-bond acceptors (Lipinski definition) is 2. The minimum atomic E-state index is 0.101. The summed E-state index contributed by atoms with van der Waals surface area (Å²) < 4.78 is 6.51. The maximum absolute atomic E-state index is 6.16. The summed E-state index contributed by atoms with van der Waals surface area (Å²) in [5.74, 6) is 0.950. The summed E-state index contributed by atoms with van der Waals surface area (Å²) in [7, 11) is 1.71. The number of fused-ring (bicyclic) bond motifs is 1. The van der Waals surface area contributed by atoms with Crippen LogP contribution in [0.1, 0.15) is 37.4 Å². The summed E-state index contributed by atoms with van der Waals surface area (Å²) in [5, 5.41) is 0. The number of hydrogen-bond donors (Lipinski definition) is 1. The first-order chi connectivity index (χ1) is 6.97. The Hall–Kier alpha value is -0.540. The van der Waals surface area contributed by atoms with E-state index in [1.807, 2.05) is 12.1 Å². The lowest BCUT2D eigenvalue weighted by Crippen LogP contribution is -2.15. The smallest absolute Gasteiger partial charge is 0.123 e. The third-order valence-corrected chi connectivity index (χ3v) is 3.84. The maximum atomic E-state index is 6.16. The zero-order valence-corrected chi connectivity index (χ0v) is 10.9. The highest BCUT2D eigenvalue weighted by Gasteiger charge is 2.38. The van der Waals surface area contributed by atoms with Crippen LogP contribution in [0.15, 0.2) is 16.6 Å². The summed E-state index contributed by atoms with van der Waals surface area (Å²) in [6.07, 6.45) is 0.974. The molecule has 0 amide bonds. The van der Waals surface area contributed by atoms with Crippen molar-refractivity contribution in [2.24, 2.45) is 5.73 Å². The molecule has 0 saturated carbocycles. The first-order valence-electron chi connectivity index (χ1n) is 5.10. The van der Waals surface area contributed by atoms with Gasteiger partial charge in [-0.2, -0.15) is 0 Å². The lowest BCUT2D eigenvalue weighted by Gasteiger charge is -2.21. The van der Waals surface area contributed by atoms with E-state index in [-0.39, 0.29) is 11.5 Å². The molecular weight excluding hydrogens is 254 g/mol. The number of nitrogens with two attached hydrogens (primary N) is 1. The van der Waals surface area contributed by atoms with Crippen molar-refractivity contribution in [2.75, 3.05) is 7.11 Å². The maximum Gasteiger partial charge on any atom is 0.123 e. The minimum absolute atomic E-state index is 0.101. The van der Waals surface area contributed by atoms with Crippen LogP contribution in [0.5, 0.6) is 5.75 Å². The summed E-state index contributed by atoms with van der Waals surface area (Å²) in [4.78, 5) is 0. The van der Waals surface area contributed by atoms with E-state index < -0.39 is 0 Å². The highest BCUT2D eigenvalue weighted by Crippen LogP contribution is 2.50. The number of benzene rings is 1. The standard InChI is InChI=1S/C12H16BrNO/c1-12(2)6-8(14)10-7(13)4-5-9(15-3)11(10)12/h4-5,8H,6,14H2,1-3H3. The van der Waals surface area contributed by atoms with Crippen LogP contribution in [-0.2, 0) is 5.41 Å². The first kappa shape index (κ1) is 11.0. The van der Waals surface area contributed by atoms with Crippen molar-refractivity contribution >= 4 is 15.9 Å². The number of ether oxygens (including phenoxy) is 1. The zero-order chi connectivity index (χ0) is 11.2. The van der Waals surface area contributed by atoms with Crippen LogP contribution in [0.2, 0.25) is 0 Å². The Morgan fingerprint density at radius 3 is 2.73 bits per heavy atom. The van der Waals surface area contributed by atoms with Gasteiger partial charge >= 0.3 is 0 Å². The van der Waals surface area contributed by atoms with Gasteiger partial charge in [0.15, 0.2) is 0 Å². The Labute approximate surface area is 98.9 Å². The average molecular weight is 270 g/mol. The van der Waals surface area contributed by atoms with E-state index in [2.05, 4.69) is 29.8 Å². The molecule has 82 valence electrons. The van der Waals surface area contributed by atoms with Gasteiger partial charge in [-0.15, -0.1) is 0 Å². The second kappa shape index (κ2) is 3.49. The second-order valence-electron chi connectivity index (χ2n) is 4.73. The number of rotatable bonds is 1. The number of methoxy groups -OCH3 is 1. The summed E-state index contributed by atoms with van der Waals surface area (Å²) in [6, 6.07) is 4.13. The Balaban J connectivity index is 2.71. The van der Waals surface area contributed by atoms with Gasteiger partial charge in [-0.1, -0.05) is 29.8 Å². The third-order valence-electron chi connectivity index (χ3n) is 3.15. The van der Waals surface area contributed by atoms with Crippen LogP contribution in [0.25, 0.3) is 0 Å². The molecule has 3 heteroatoms. The van der Waals surface area contributed by atoms with Crippen molar-refractivity contribution in [3.63, 3.8) is 0 Å². The van der Waals surface area contributed by atoms with Gasteiger partial charge in [0.1, 0.15) is 5.75 Å². The van der Waals surface area contributed by atoms with Crippen molar-refractivity contribution in [2.45, 2.75) is 31.7 Å². The molecule has 2 rings (SSSR count). The average Bonchev–Trinajstić information content (AvgIpc) is 2.39. The lowest BCUT2D eigenvalue weighted by molar-refractivity contribution is 0.392. The quantitative estimate of drug-likeness (QED) is 0.850. The van der Waals surface area contributed by atoms with Crippen molar-refractivity contribution < 1.29 is 4.74 Å². The molecule has 1 atom stereocenters. The van der Waals surface area contributed by atoms with E-state index in [4.69, 9.17) is 10.5 Å². The molecule has 1 unspecified atom stereocenters.